The Morgan fingerprint density at radius 3 is 2.37 bits per heavy atom. The number of amides is 2. The lowest BCUT2D eigenvalue weighted by atomic mass is 10.2. The van der Waals surface area contributed by atoms with Gasteiger partial charge in [0.15, 0.2) is 16.6 Å². The summed E-state index contributed by atoms with van der Waals surface area (Å²) in [5.41, 5.74) is 1.32. The number of thiazole rings is 1. The van der Waals surface area contributed by atoms with E-state index in [0.717, 1.165) is 0 Å². The summed E-state index contributed by atoms with van der Waals surface area (Å²) in [6.45, 7) is 0.985. The number of hydrogen-bond acceptors (Lipinski definition) is 9. The lowest BCUT2D eigenvalue weighted by molar-refractivity contribution is -0.143. The second kappa shape index (κ2) is 11.8. The van der Waals surface area contributed by atoms with Gasteiger partial charge in [0, 0.05) is 17.9 Å². The molecule has 184 valence electrons. The first-order valence-corrected chi connectivity index (χ1v) is 11.3. The van der Waals surface area contributed by atoms with Crippen LogP contribution in [0.5, 0.6) is 17.2 Å². The maximum atomic E-state index is 12.3. The summed E-state index contributed by atoms with van der Waals surface area (Å²) < 4.78 is 20.9. The highest BCUT2D eigenvalue weighted by Crippen LogP contribution is 2.35. The largest absolute Gasteiger partial charge is 0.495 e. The van der Waals surface area contributed by atoms with Crippen LogP contribution in [0.25, 0.3) is 0 Å². The van der Waals surface area contributed by atoms with Crippen LogP contribution in [0, 0.1) is 0 Å². The molecule has 0 saturated carbocycles. The van der Waals surface area contributed by atoms with E-state index in [0.29, 0.717) is 39.3 Å². The van der Waals surface area contributed by atoms with Crippen molar-refractivity contribution < 1.29 is 33.3 Å². The summed E-state index contributed by atoms with van der Waals surface area (Å²) in [6.07, 6.45) is 0. The van der Waals surface area contributed by atoms with E-state index in [1.54, 1.807) is 41.8 Å². The molecule has 35 heavy (non-hydrogen) atoms. The average molecular weight is 500 g/mol. The Balaban J connectivity index is 1.58. The highest BCUT2D eigenvalue weighted by Gasteiger charge is 2.21. The van der Waals surface area contributed by atoms with Crippen molar-refractivity contribution in [3.8, 4) is 17.2 Å². The van der Waals surface area contributed by atoms with E-state index in [9.17, 15) is 14.4 Å². The zero-order valence-corrected chi connectivity index (χ0v) is 20.5. The molecule has 3 rings (SSSR count). The Morgan fingerprint density at radius 2 is 1.69 bits per heavy atom. The number of anilines is 2. The molecule has 0 aliphatic rings. The normalized spacial score (nSPS) is 10.3. The Kier molecular flexibility index (Phi) is 8.63. The summed E-state index contributed by atoms with van der Waals surface area (Å²) in [7, 11) is 4.48. The fourth-order valence-corrected chi connectivity index (χ4v) is 3.99. The minimum absolute atomic E-state index is 0.112. The predicted octanol–water partition coefficient (Wildman–Crippen LogP) is 3.33. The van der Waals surface area contributed by atoms with E-state index in [4.69, 9.17) is 18.9 Å². The lowest BCUT2D eigenvalue weighted by Crippen LogP contribution is -2.30. The summed E-state index contributed by atoms with van der Waals surface area (Å²) in [5, 5.41) is 4.60. The molecule has 11 heteroatoms. The minimum Gasteiger partial charge on any atom is -0.495 e. The minimum atomic E-state index is -0.637. The molecule has 0 atom stereocenters. The summed E-state index contributed by atoms with van der Waals surface area (Å²) >= 11 is 1.23. The highest BCUT2D eigenvalue weighted by atomic mass is 32.1. The Morgan fingerprint density at radius 1 is 0.971 bits per heavy atom. The maximum absolute atomic E-state index is 12.3. The van der Waals surface area contributed by atoms with Crippen molar-refractivity contribution in [3.05, 3.63) is 59.1 Å². The zero-order valence-electron chi connectivity index (χ0n) is 19.7. The van der Waals surface area contributed by atoms with Crippen molar-refractivity contribution in [1.29, 1.82) is 0 Å². The molecule has 1 heterocycles. The van der Waals surface area contributed by atoms with Crippen molar-refractivity contribution in [1.82, 2.24) is 10.3 Å². The topological polar surface area (TPSA) is 116 Å². The number of para-hydroxylation sites is 2. The maximum Gasteiger partial charge on any atom is 0.325 e. The number of rotatable bonds is 10. The predicted molar refractivity (Wildman–Crippen MR) is 130 cm³/mol. The van der Waals surface area contributed by atoms with Gasteiger partial charge >= 0.3 is 5.97 Å². The van der Waals surface area contributed by atoms with Gasteiger partial charge in [-0.15, -0.1) is 11.3 Å². The molecule has 0 fully saturated rings. The van der Waals surface area contributed by atoms with Gasteiger partial charge in [-0.1, -0.05) is 12.1 Å². The van der Waals surface area contributed by atoms with Crippen LogP contribution < -0.4 is 24.4 Å². The molecule has 1 N–H and O–H groups in total. The Labute approximate surface area is 206 Å². The number of nitrogens with one attached hydrogen (secondary N) is 1. The van der Waals surface area contributed by atoms with Crippen molar-refractivity contribution in [2.75, 3.05) is 32.8 Å². The number of hydrogen-bond donors (Lipinski definition) is 1. The molecule has 10 nitrogen and oxygen atoms in total. The number of benzene rings is 2. The summed E-state index contributed by atoms with van der Waals surface area (Å²) in [6, 6.07) is 11.8. The molecule has 2 amide bonds. The van der Waals surface area contributed by atoms with Crippen molar-refractivity contribution >= 4 is 39.9 Å². The molecule has 2 aromatic carbocycles. The summed E-state index contributed by atoms with van der Waals surface area (Å²) in [4.78, 5) is 42.7. The third kappa shape index (κ3) is 6.27. The van der Waals surface area contributed by atoms with Crippen LogP contribution in [-0.2, 0) is 20.9 Å². The second-order valence-corrected chi connectivity index (χ2v) is 7.90. The van der Waals surface area contributed by atoms with Gasteiger partial charge in [-0.05, 0) is 30.3 Å². The van der Waals surface area contributed by atoms with Crippen molar-refractivity contribution in [2.24, 2.45) is 0 Å². The molecular weight excluding hydrogens is 474 g/mol. The van der Waals surface area contributed by atoms with Gasteiger partial charge in [-0.25, -0.2) is 4.98 Å². The summed E-state index contributed by atoms with van der Waals surface area (Å²) in [5.74, 6) is 0.0607. The fraction of sp³-hybridized carbons (Fsp3) is 0.250. The van der Waals surface area contributed by atoms with Crippen molar-refractivity contribution in [3.63, 3.8) is 0 Å². The molecule has 0 aliphatic heterocycles. The average Bonchev–Trinajstić information content (AvgIpc) is 3.34. The quantitative estimate of drug-likeness (QED) is 0.422. The van der Waals surface area contributed by atoms with E-state index in [1.807, 2.05) is 0 Å². The number of esters is 1. The molecule has 0 bridgehead atoms. The molecule has 0 radical (unpaired) electrons. The van der Waals surface area contributed by atoms with Gasteiger partial charge in [0.25, 0.3) is 5.91 Å². The van der Waals surface area contributed by atoms with E-state index < -0.39 is 11.9 Å². The van der Waals surface area contributed by atoms with Crippen LogP contribution in [0.2, 0.25) is 0 Å². The number of carbonyl (C=O) groups excluding carboxylic acids is 3. The SMILES string of the molecule is COc1ccc(C(=O)NCC(=O)OCc2csc(N(C(C)=O)c3ccccc3OC)n2)cc1OC. The number of nitrogens with zero attached hydrogens (tertiary/aromatic N) is 2. The van der Waals surface area contributed by atoms with E-state index in [1.165, 1.54) is 50.6 Å². The third-order valence-electron chi connectivity index (χ3n) is 4.79. The first-order chi connectivity index (χ1) is 16.9. The molecule has 0 spiro atoms. The standard InChI is InChI=1S/C24H25N3O7S/c1-15(28)27(18-7-5-6-8-19(18)31-2)24-26-17(14-35-24)13-34-22(29)12-25-23(30)16-9-10-20(32-3)21(11-16)33-4/h5-11,14H,12-13H2,1-4H3,(H,25,30). The smallest absolute Gasteiger partial charge is 0.325 e. The first-order valence-electron chi connectivity index (χ1n) is 10.4. The molecule has 0 saturated heterocycles. The molecule has 1 aromatic heterocycles. The van der Waals surface area contributed by atoms with Crippen LogP contribution >= 0.6 is 11.3 Å². The fourth-order valence-electron chi connectivity index (χ4n) is 3.12. The number of aromatic nitrogens is 1. The molecule has 0 aliphatic carbocycles. The number of methoxy groups -OCH3 is 3. The van der Waals surface area contributed by atoms with Gasteiger partial charge in [-0.3, -0.25) is 19.3 Å². The van der Waals surface area contributed by atoms with Crippen molar-refractivity contribution in [2.45, 2.75) is 13.5 Å². The van der Waals surface area contributed by atoms with E-state index in [2.05, 4.69) is 10.3 Å². The second-order valence-electron chi connectivity index (χ2n) is 7.06. The third-order valence-corrected chi connectivity index (χ3v) is 5.67. The van der Waals surface area contributed by atoms with Gasteiger partial charge in [0.05, 0.1) is 32.7 Å². The lowest BCUT2D eigenvalue weighted by Gasteiger charge is -2.20. The molecule has 0 unspecified atom stereocenters. The van der Waals surface area contributed by atoms with Gasteiger partial charge in [-0.2, -0.15) is 0 Å². The van der Waals surface area contributed by atoms with Crippen LogP contribution in [-0.4, -0.2) is 50.6 Å². The molecular formula is C24H25N3O7S. The monoisotopic (exact) mass is 499 g/mol. The van der Waals surface area contributed by atoms with Gasteiger partial charge in [0.2, 0.25) is 5.91 Å². The van der Waals surface area contributed by atoms with Crippen LogP contribution in [0.4, 0.5) is 10.8 Å². The van der Waals surface area contributed by atoms with Gasteiger partial charge in [0.1, 0.15) is 18.9 Å². The van der Waals surface area contributed by atoms with Crippen LogP contribution in [0.1, 0.15) is 23.0 Å². The Bertz CT molecular complexity index is 1210. The number of carbonyl (C=O) groups is 3. The van der Waals surface area contributed by atoms with Gasteiger partial charge < -0.3 is 24.3 Å². The highest BCUT2D eigenvalue weighted by molar-refractivity contribution is 7.14. The zero-order chi connectivity index (χ0) is 25.4. The first kappa shape index (κ1) is 25.5. The van der Waals surface area contributed by atoms with E-state index >= 15 is 0 Å². The molecule has 3 aromatic rings. The number of ether oxygens (including phenoxy) is 4. The van der Waals surface area contributed by atoms with Crippen LogP contribution in [0.3, 0.4) is 0 Å². The van der Waals surface area contributed by atoms with Crippen LogP contribution in [0.15, 0.2) is 47.8 Å². The Hall–Kier alpha value is -4.12. The van der Waals surface area contributed by atoms with E-state index in [-0.39, 0.29) is 19.1 Å².